The van der Waals surface area contributed by atoms with Crippen LogP contribution < -0.4 is 0 Å². The molecule has 1 unspecified atom stereocenters. The summed E-state index contributed by atoms with van der Waals surface area (Å²) in [5.41, 5.74) is 0.852. The number of hydrogen-bond acceptors (Lipinski definition) is 1. The third-order valence-electron chi connectivity index (χ3n) is 3.41. The van der Waals surface area contributed by atoms with E-state index in [-0.39, 0.29) is 18.9 Å². The molecule has 108 valence electrons. The van der Waals surface area contributed by atoms with Crippen LogP contribution in [0.1, 0.15) is 18.4 Å². The molecule has 2 nitrogen and oxygen atoms in total. The third kappa shape index (κ3) is 3.85. The van der Waals surface area contributed by atoms with Gasteiger partial charge in [0.25, 0.3) is 0 Å². The minimum absolute atomic E-state index is 0.107. The van der Waals surface area contributed by atoms with E-state index in [2.05, 4.69) is 0 Å². The predicted molar refractivity (Wildman–Crippen MR) is 70.8 cm³/mol. The molecule has 0 spiro atoms. The molecule has 1 aliphatic rings. The number of amides is 1. The van der Waals surface area contributed by atoms with Crippen LogP contribution in [0.15, 0.2) is 36.4 Å². The van der Waals surface area contributed by atoms with Crippen molar-refractivity contribution in [3.63, 3.8) is 0 Å². The van der Waals surface area contributed by atoms with E-state index in [0.29, 0.717) is 13.0 Å². The van der Waals surface area contributed by atoms with Crippen molar-refractivity contribution in [1.29, 1.82) is 0 Å². The molecule has 0 saturated carbocycles. The Labute approximate surface area is 115 Å². The summed E-state index contributed by atoms with van der Waals surface area (Å²) in [4.78, 5) is 13.2. The molecule has 0 aliphatic carbocycles. The van der Waals surface area contributed by atoms with Gasteiger partial charge in [-0.05, 0) is 24.5 Å². The molecule has 1 aromatic carbocycles. The van der Waals surface area contributed by atoms with Crippen molar-refractivity contribution in [2.24, 2.45) is 5.92 Å². The van der Waals surface area contributed by atoms with Crippen molar-refractivity contribution in [3.05, 3.63) is 42.0 Å². The van der Waals surface area contributed by atoms with Gasteiger partial charge in [0.1, 0.15) is 0 Å². The summed E-state index contributed by atoms with van der Waals surface area (Å²) >= 11 is 0. The number of alkyl halides is 3. The highest BCUT2D eigenvalue weighted by Gasteiger charge is 2.42. The summed E-state index contributed by atoms with van der Waals surface area (Å²) in [6.45, 7) is 0.159. The topological polar surface area (TPSA) is 20.3 Å². The van der Waals surface area contributed by atoms with Crippen molar-refractivity contribution in [1.82, 2.24) is 4.90 Å². The highest BCUT2D eigenvalue weighted by molar-refractivity contribution is 5.91. The molecular weight excluding hydrogens is 267 g/mol. The van der Waals surface area contributed by atoms with Gasteiger partial charge in [-0.15, -0.1) is 0 Å². The van der Waals surface area contributed by atoms with Gasteiger partial charge in [-0.1, -0.05) is 30.3 Å². The number of nitrogens with zero attached hydrogens (tertiary/aromatic N) is 1. The molecule has 1 heterocycles. The minimum Gasteiger partial charge on any atom is -0.339 e. The molecule has 0 bridgehead atoms. The van der Waals surface area contributed by atoms with Crippen LogP contribution in [0.4, 0.5) is 13.2 Å². The molecule has 20 heavy (non-hydrogen) atoms. The summed E-state index contributed by atoms with van der Waals surface area (Å²) in [7, 11) is 0. The van der Waals surface area contributed by atoms with E-state index in [0.717, 1.165) is 5.56 Å². The second-order valence-electron chi connectivity index (χ2n) is 4.91. The zero-order valence-corrected chi connectivity index (χ0v) is 10.9. The fraction of sp³-hybridized carbons (Fsp3) is 0.400. The molecule has 1 atom stereocenters. The van der Waals surface area contributed by atoms with Gasteiger partial charge in [0.05, 0.1) is 5.92 Å². The van der Waals surface area contributed by atoms with Crippen LogP contribution in [0.5, 0.6) is 0 Å². The second-order valence-corrected chi connectivity index (χ2v) is 4.91. The van der Waals surface area contributed by atoms with Crippen molar-refractivity contribution >= 4 is 12.0 Å². The summed E-state index contributed by atoms with van der Waals surface area (Å²) in [6, 6.07) is 9.20. The summed E-state index contributed by atoms with van der Waals surface area (Å²) in [5.74, 6) is -1.76. The Bertz CT molecular complexity index is 482. The first-order chi connectivity index (χ1) is 9.47. The highest BCUT2D eigenvalue weighted by Crippen LogP contribution is 2.33. The van der Waals surface area contributed by atoms with Crippen molar-refractivity contribution in [2.75, 3.05) is 13.1 Å². The Morgan fingerprint density at radius 3 is 2.60 bits per heavy atom. The van der Waals surface area contributed by atoms with Gasteiger partial charge in [0.15, 0.2) is 0 Å². The minimum atomic E-state index is -4.22. The van der Waals surface area contributed by atoms with Crippen LogP contribution in [0.25, 0.3) is 6.08 Å². The molecule has 1 amide bonds. The van der Waals surface area contributed by atoms with E-state index in [1.54, 1.807) is 6.08 Å². The number of carbonyl (C=O) groups excluding carboxylic acids is 1. The highest BCUT2D eigenvalue weighted by atomic mass is 19.4. The van der Waals surface area contributed by atoms with Crippen molar-refractivity contribution < 1.29 is 18.0 Å². The zero-order chi connectivity index (χ0) is 14.6. The number of carbonyl (C=O) groups is 1. The van der Waals surface area contributed by atoms with E-state index >= 15 is 0 Å². The Balaban J connectivity index is 1.97. The maximum Gasteiger partial charge on any atom is 0.393 e. The number of likely N-dealkylation sites (tertiary alicyclic amines) is 1. The van der Waals surface area contributed by atoms with Gasteiger partial charge < -0.3 is 4.90 Å². The number of hydrogen-bond donors (Lipinski definition) is 0. The molecule has 0 aromatic heterocycles. The standard InChI is InChI=1S/C15H16F3NO/c16-15(17,18)13-7-4-10-19(11-13)14(20)9-8-12-5-2-1-3-6-12/h1-3,5-6,8-9,13H,4,7,10-11H2/b9-8+. The van der Waals surface area contributed by atoms with Gasteiger partial charge in [-0.25, -0.2) is 0 Å². The van der Waals surface area contributed by atoms with Crippen LogP contribution in [0.2, 0.25) is 0 Å². The van der Waals surface area contributed by atoms with E-state index in [1.807, 2.05) is 30.3 Å². The van der Waals surface area contributed by atoms with Gasteiger partial charge >= 0.3 is 6.18 Å². The van der Waals surface area contributed by atoms with Gasteiger partial charge in [-0.2, -0.15) is 13.2 Å². The fourth-order valence-corrected chi connectivity index (χ4v) is 2.28. The van der Waals surface area contributed by atoms with Gasteiger partial charge in [-0.3, -0.25) is 4.79 Å². The lowest BCUT2D eigenvalue weighted by molar-refractivity contribution is -0.187. The first-order valence-electron chi connectivity index (χ1n) is 6.55. The molecule has 1 fully saturated rings. The second kappa shape index (κ2) is 6.11. The van der Waals surface area contributed by atoms with Crippen LogP contribution in [0, 0.1) is 5.92 Å². The number of benzene rings is 1. The summed E-state index contributed by atoms with van der Waals surface area (Å²) < 4.78 is 38.0. The Hall–Kier alpha value is -1.78. The molecule has 2 rings (SSSR count). The summed E-state index contributed by atoms with van der Waals surface area (Å²) in [6.07, 6.45) is -0.750. The predicted octanol–water partition coefficient (Wildman–Crippen LogP) is 3.50. The van der Waals surface area contributed by atoms with Gasteiger partial charge in [0.2, 0.25) is 5.91 Å². The van der Waals surface area contributed by atoms with E-state index in [9.17, 15) is 18.0 Å². The molecule has 1 saturated heterocycles. The number of rotatable bonds is 2. The summed E-state index contributed by atoms with van der Waals surface area (Å²) in [5, 5.41) is 0. The van der Waals surface area contributed by atoms with E-state index in [1.165, 1.54) is 11.0 Å². The number of piperidine rings is 1. The molecular formula is C15H16F3NO. The Morgan fingerprint density at radius 2 is 1.95 bits per heavy atom. The lowest BCUT2D eigenvalue weighted by atomic mass is 9.97. The lowest BCUT2D eigenvalue weighted by Gasteiger charge is -2.33. The molecule has 0 N–H and O–H groups in total. The molecule has 1 aliphatic heterocycles. The SMILES string of the molecule is O=C(/C=C/c1ccccc1)N1CCCC(C(F)(F)F)C1. The average Bonchev–Trinajstić information content (AvgIpc) is 2.45. The maximum atomic E-state index is 12.7. The fourth-order valence-electron chi connectivity index (χ4n) is 2.28. The zero-order valence-electron chi connectivity index (χ0n) is 10.9. The Morgan fingerprint density at radius 1 is 1.25 bits per heavy atom. The monoisotopic (exact) mass is 283 g/mol. The molecule has 0 radical (unpaired) electrons. The van der Waals surface area contributed by atoms with Crippen LogP contribution in [0.3, 0.4) is 0 Å². The first kappa shape index (κ1) is 14.6. The van der Waals surface area contributed by atoms with Crippen LogP contribution in [-0.4, -0.2) is 30.1 Å². The van der Waals surface area contributed by atoms with Crippen LogP contribution >= 0.6 is 0 Å². The van der Waals surface area contributed by atoms with Crippen LogP contribution in [-0.2, 0) is 4.79 Å². The van der Waals surface area contributed by atoms with E-state index in [4.69, 9.17) is 0 Å². The largest absolute Gasteiger partial charge is 0.393 e. The third-order valence-corrected chi connectivity index (χ3v) is 3.41. The average molecular weight is 283 g/mol. The molecule has 5 heteroatoms. The van der Waals surface area contributed by atoms with Gasteiger partial charge in [0, 0.05) is 19.2 Å². The number of halogens is 3. The lowest BCUT2D eigenvalue weighted by Crippen LogP contribution is -2.44. The van der Waals surface area contributed by atoms with Crippen molar-refractivity contribution in [2.45, 2.75) is 19.0 Å². The smallest absolute Gasteiger partial charge is 0.339 e. The normalized spacial score (nSPS) is 20.4. The van der Waals surface area contributed by atoms with E-state index < -0.39 is 12.1 Å². The first-order valence-corrected chi connectivity index (χ1v) is 6.55. The Kier molecular flexibility index (Phi) is 4.47. The maximum absolute atomic E-state index is 12.7. The quantitative estimate of drug-likeness (QED) is 0.761. The molecule has 1 aromatic rings. The van der Waals surface area contributed by atoms with Crippen molar-refractivity contribution in [3.8, 4) is 0 Å².